The zero-order chi connectivity index (χ0) is 13.6. The van der Waals surface area contributed by atoms with Crippen LogP contribution in [0.1, 0.15) is 25.8 Å². The molecule has 0 aliphatic carbocycles. The molecule has 2 rings (SSSR count). The Morgan fingerprint density at radius 3 is 3.11 bits per heavy atom. The average molecular weight is 263 g/mol. The van der Waals surface area contributed by atoms with Gasteiger partial charge in [0.15, 0.2) is 0 Å². The molecule has 1 unspecified atom stereocenters. The van der Waals surface area contributed by atoms with E-state index < -0.39 is 0 Å². The Morgan fingerprint density at radius 1 is 1.53 bits per heavy atom. The van der Waals surface area contributed by atoms with E-state index >= 15 is 0 Å². The molecule has 1 aromatic heterocycles. The van der Waals surface area contributed by atoms with Crippen molar-refractivity contribution < 1.29 is 4.74 Å². The van der Waals surface area contributed by atoms with E-state index in [9.17, 15) is 0 Å². The zero-order valence-corrected chi connectivity index (χ0v) is 12.0. The molecule has 106 valence electrons. The highest BCUT2D eigenvalue weighted by molar-refractivity contribution is 5.19. The van der Waals surface area contributed by atoms with Crippen LogP contribution in [0.15, 0.2) is 24.5 Å². The van der Waals surface area contributed by atoms with Crippen LogP contribution in [0.4, 0.5) is 0 Å². The number of nitrogens with zero attached hydrogens (tertiary/aromatic N) is 1. The Hall–Kier alpha value is -0.970. The van der Waals surface area contributed by atoms with E-state index in [1.165, 1.54) is 5.56 Å². The Kier molecular flexibility index (Phi) is 5.31. The fraction of sp³-hybridized carbons (Fsp3) is 0.667. The maximum absolute atomic E-state index is 5.45. The van der Waals surface area contributed by atoms with Crippen molar-refractivity contribution in [3.63, 3.8) is 0 Å². The monoisotopic (exact) mass is 263 g/mol. The molecule has 4 nitrogen and oxygen atoms in total. The minimum Gasteiger partial charge on any atom is -0.379 e. The summed E-state index contributed by atoms with van der Waals surface area (Å²) in [6, 6.07) is 4.65. The van der Waals surface area contributed by atoms with Crippen LogP contribution in [0.2, 0.25) is 0 Å². The molecule has 0 spiro atoms. The summed E-state index contributed by atoms with van der Waals surface area (Å²) in [4.78, 5) is 4.20. The van der Waals surface area contributed by atoms with E-state index in [1.54, 1.807) is 0 Å². The number of nitrogens with one attached hydrogen (secondary N) is 2. The highest BCUT2D eigenvalue weighted by Crippen LogP contribution is 2.20. The highest BCUT2D eigenvalue weighted by Gasteiger charge is 2.20. The molecule has 1 saturated heterocycles. The van der Waals surface area contributed by atoms with Gasteiger partial charge in [-0.2, -0.15) is 0 Å². The van der Waals surface area contributed by atoms with E-state index in [4.69, 9.17) is 4.74 Å². The molecular formula is C15H25N3O. The van der Waals surface area contributed by atoms with E-state index in [0.717, 1.165) is 39.3 Å². The summed E-state index contributed by atoms with van der Waals surface area (Å²) in [6.07, 6.45) is 4.89. The summed E-state index contributed by atoms with van der Waals surface area (Å²) >= 11 is 0. The van der Waals surface area contributed by atoms with Crippen LogP contribution in [0.3, 0.4) is 0 Å². The molecule has 1 atom stereocenters. The smallest absolute Gasteiger partial charge is 0.0620 e. The van der Waals surface area contributed by atoms with Gasteiger partial charge in [-0.05, 0) is 24.6 Å². The largest absolute Gasteiger partial charge is 0.379 e. The van der Waals surface area contributed by atoms with E-state index in [2.05, 4.69) is 35.5 Å². The van der Waals surface area contributed by atoms with E-state index in [-0.39, 0.29) is 5.41 Å². The van der Waals surface area contributed by atoms with Crippen LogP contribution in [0, 0.1) is 0 Å². The van der Waals surface area contributed by atoms with Crippen molar-refractivity contribution in [1.82, 2.24) is 15.6 Å². The number of rotatable bonds is 6. The van der Waals surface area contributed by atoms with Crippen molar-refractivity contribution in [3.8, 4) is 0 Å². The third-order valence-corrected chi connectivity index (χ3v) is 3.68. The third kappa shape index (κ3) is 4.56. The molecule has 0 bridgehead atoms. The van der Waals surface area contributed by atoms with Crippen LogP contribution >= 0.6 is 0 Å². The SMILES string of the molecule is CC(C)(CNCCC1COCCN1)c1cccnc1. The number of ether oxygens (including phenoxy) is 1. The molecule has 1 fully saturated rings. The van der Waals surface area contributed by atoms with E-state index in [0.29, 0.717) is 6.04 Å². The van der Waals surface area contributed by atoms with Gasteiger partial charge >= 0.3 is 0 Å². The summed E-state index contributed by atoms with van der Waals surface area (Å²) in [6.45, 7) is 9.15. The predicted molar refractivity (Wildman–Crippen MR) is 77.4 cm³/mol. The molecule has 0 amide bonds. The van der Waals surface area contributed by atoms with Crippen LogP contribution in [-0.4, -0.2) is 43.9 Å². The van der Waals surface area contributed by atoms with Crippen molar-refractivity contribution in [1.29, 1.82) is 0 Å². The molecular weight excluding hydrogens is 238 g/mol. The van der Waals surface area contributed by atoms with Gasteiger partial charge in [0, 0.05) is 36.9 Å². The van der Waals surface area contributed by atoms with Gasteiger partial charge in [0.05, 0.1) is 13.2 Å². The lowest BCUT2D eigenvalue weighted by Crippen LogP contribution is -2.43. The normalized spacial score (nSPS) is 20.4. The van der Waals surface area contributed by atoms with Gasteiger partial charge in [-0.3, -0.25) is 4.98 Å². The lowest BCUT2D eigenvalue weighted by Gasteiger charge is -2.27. The molecule has 1 aliphatic heterocycles. The van der Waals surface area contributed by atoms with Crippen LogP contribution in [0.25, 0.3) is 0 Å². The molecule has 2 heterocycles. The van der Waals surface area contributed by atoms with Crippen molar-refractivity contribution in [2.24, 2.45) is 0 Å². The van der Waals surface area contributed by atoms with E-state index in [1.807, 2.05) is 18.5 Å². The Labute approximate surface area is 116 Å². The first-order valence-corrected chi connectivity index (χ1v) is 7.11. The fourth-order valence-corrected chi connectivity index (χ4v) is 2.35. The summed E-state index contributed by atoms with van der Waals surface area (Å²) in [5.74, 6) is 0. The van der Waals surface area contributed by atoms with Crippen LogP contribution < -0.4 is 10.6 Å². The van der Waals surface area contributed by atoms with Gasteiger partial charge in [0.1, 0.15) is 0 Å². The third-order valence-electron chi connectivity index (χ3n) is 3.68. The second kappa shape index (κ2) is 6.98. The lowest BCUT2D eigenvalue weighted by atomic mass is 9.85. The minimum atomic E-state index is 0.116. The Morgan fingerprint density at radius 2 is 2.42 bits per heavy atom. The number of morpholine rings is 1. The minimum absolute atomic E-state index is 0.116. The van der Waals surface area contributed by atoms with Gasteiger partial charge in [-0.1, -0.05) is 19.9 Å². The number of hydrogen-bond acceptors (Lipinski definition) is 4. The highest BCUT2D eigenvalue weighted by atomic mass is 16.5. The molecule has 1 aromatic rings. The fourth-order valence-electron chi connectivity index (χ4n) is 2.35. The lowest BCUT2D eigenvalue weighted by molar-refractivity contribution is 0.0742. The zero-order valence-electron chi connectivity index (χ0n) is 12.0. The second-order valence-electron chi connectivity index (χ2n) is 5.82. The van der Waals surface area contributed by atoms with Gasteiger partial charge in [0.25, 0.3) is 0 Å². The molecule has 0 aromatic carbocycles. The maximum Gasteiger partial charge on any atom is 0.0620 e. The standard InChI is InChI=1S/C15H25N3O/c1-15(2,13-4-3-6-16-10-13)12-17-7-5-14-11-19-9-8-18-14/h3-4,6,10,14,17-18H,5,7-9,11-12H2,1-2H3. The molecule has 0 saturated carbocycles. The first-order chi connectivity index (χ1) is 9.18. The van der Waals surface area contributed by atoms with Gasteiger partial charge in [0.2, 0.25) is 0 Å². The molecule has 0 radical (unpaired) electrons. The number of aromatic nitrogens is 1. The van der Waals surface area contributed by atoms with Crippen molar-refractivity contribution >= 4 is 0 Å². The number of hydrogen-bond donors (Lipinski definition) is 2. The second-order valence-corrected chi connectivity index (χ2v) is 5.82. The quantitative estimate of drug-likeness (QED) is 0.760. The first-order valence-electron chi connectivity index (χ1n) is 7.11. The first kappa shape index (κ1) is 14.4. The summed E-state index contributed by atoms with van der Waals surface area (Å²) in [5.41, 5.74) is 1.40. The molecule has 2 N–H and O–H groups in total. The topological polar surface area (TPSA) is 46.2 Å². The molecule has 1 aliphatic rings. The Bertz CT molecular complexity index is 361. The maximum atomic E-state index is 5.45. The number of pyridine rings is 1. The summed E-state index contributed by atoms with van der Waals surface area (Å²) in [7, 11) is 0. The molecule has 4 heteroatoms. The van der Waals surface area contributed by atoms with Gasteiger partial charge in [-0.15, -0.1) is 0 Å². The van der Waals surface area contributed by atoms with Crippen LogP contribution in [-0.2, 0) is 10.2 Å². The summed E-state index contributed by atoms with van der Waals surface area (Å²) < 4.78 is 5.45. The van der Waals surface area contributed by atoms with Gasteiger partial charge < -0.3 is 15.4 Å². The summed E-state index contributed by atoms with van der Waals surface area (Å²) in [5, 5.41) is 7.02. The van der Waals surface area contributed by atoms with Crippen molar-refractivity contribution in [2.45, 2.75) is 31.7 Å². The Balaban J connectivity index is 1.69. The van der Waals surface area contributed by atoms with Crippen molar-refractivity contribution in [3.05, 3.63) is 30.1 Å². The predicted octanol–water partition coefficient (Wildman–Crippen LogP) is 1.33. The van der Waals surface area contributed by atoms with Crippen LogP contribution in [0.5, 0.6) is 0 Å². The van der Waals surface area contributed by atoms with Gasteiger partial charge in [-0.25, -0.2) is 0 Å². The van der Waals surface area contributed by atoms with Crippen molar-refractivity contribution in [2.75, 3.05) is 32.8 Å². The molecule has 19 heavy (non-hydrogen) atoms. The average Bonchev–Trinajstić information content (AvgIpc) is 2.46.